The van der Waals surface area contributed by atoms with Crippen molar-refractivity contribution in [2.24, 2.45) is 0 Å². The number of rotatable bonds is 7. The van der Waals surface area contributed by atoms with Gasteiger partial charge in [-0.25, -0.2) is 14.8 Å². The number of carbonyl (C=O) groups excluding carboxylic acids is 2. The molecule has 3 aromatic rings. The predicted octanol–water partition coefficient (Wildman–Crippen LogP) is 4.10. The van der Waals surface area contributed by atoms with Crippen molar-refractivity contribution in [1.82, 2.24) is 9.97 Å². The second kappa shape index (κ2) is 9.32. The van der Waals surface area contributed by atoms with Gasteiger partial charge in [-0.2, -0.15) is 0 Å². The van der Waals surface area contributed by atoms with Gasteiger partial charge < -0.3 is 10.1 Å². The third-order valence-electron chi connectivity index (χ3n) is 3.93. The summed E-state index contributed by atoms with van der Waals surface area (Å²) >= 11 is 1.37. The molecule has 6 nitrogen and oxygen atoms in total. The average Bonchev–Trinajstić information content (AvgIpc) is 2.72. The summed E-state index contributed by atoms with van der Waals surface area (Å²) in [6, 6.07) is 14.5. The van der Waals surface area contributed by atoms with E-state index in [1.807, 2.05) is 31.2 Å². The van der Waals surface area contributed by atoms with Crippen molar-refractivity contribution in [3.8, 4) is 0 Å². The number of esters is 1. The van der Waals surface area contributed by atoms with Crippen molar-refractivity contribution in [2.45, 2.75) is 25.3 Å². The van der Waals surface area contributed by atoms with Crippen molar-refractivity contribution >= 4 is 40.2 Å². The van der Waals surface area contributed by atoms with Crippen LogP contribution >= 0.6 is 11.8 Å². The van der Waals surface area contributed by atoms with E-state index in [0.29, 0.717) is 17.9 Å². The fourth-order valence-corrected chi connectivity index (χ4v) is 3.47. The summed E-state index contributed by atoms with van der Waals surface area (Å²) in [6.45, 7) is 4.06. The number of hydrogen-bond acceptors (Lipinski definition) is 6. The Balaban J connectivity index is 1.69. The van der Waals surface area contributed by atoms with Crippen LogP contribution in [0.5, 0.6) is 0 Å². The van der Waals surface area contributed by atoms with E-state index in [1.54, 1.807) is 31.2 Å². The number of nitrogens with zero attached hydrogens (tertiary/aromatic N) is 2. The Kier molecular flexibility index (Phi) is 6.60. The van der Waals surface area contributed by atoms with Crippen LogP contribution in [0, 0.1) is 0 Å². The van der Waals surface area contributed by atoms with E-state index < -0.39 is 5.97 Å². The van der Waals surface area contributed by atoms with Crippen LogP contribution in [0.2, 0.25) is 0 Å². The lowest BCUT2D eigenvalue weighted by Crippen LogP contribution is -2.15. The molecule has 0 saturated heterocycles. The molecule has 0 unspecified atom stereocenters. The summed E-state index contributed by atoms with van der Waals surface area (Å²) in [5.41, 5.74) is 1.83. The highest BCUT2D eigenvalue weighted by molar-refractivity contribution is 8.00. The molecule has 3 rings (SSSR count). The van der Waals surface area contributed by atoms with Crippen LogP contribution in [0.4, 0.5) is 5.69 Å². The maximum Gasteiger partial charge on any atom is 0.338 e. The van der Waals surface area contributed by atoms with Crippen molar-refractivity contribution in [3.63, 3.8) is 0 Å². The number of aryl methyl sites for hydroxylation is 1. The van der Waals surface area contributed by atoms with Crippen LogP contribution in [-0.4, -0.2) is 34.2 Å². The Bertz CT molecular complexity index is 1010. The summed E-state index contributed by atoms with van der Waals surface area (Å²) in [4.78, 5) is 33.3. The average molecular weight is 395 g/mol. The van der Waals surface area contributed by atoms with Gasteiger partial charge in [0.25, 0.3) is 0 Å². The number of amides is 1. The number of thioether (sulfide) groups is 1. The molecular formula is C21H21N3O3S. The molecule has 0 atom stereocenters. The molecule has 1 aromatic heterocycles. The van der Waals surface area contributed by atoms with Gasteiger partial charge in [-0.15, -0.1) is 0 Å². The van der Waals surface area contributed by atoms with E-state index in [1.165, 1.54) is 11.8 Å². The number of ether oxygens (including phenoxy) is 1. The predicted molar refractivity (Wildman–Crippen MR) is 111 cm³/mol. The van der Waals surface area contributed by atoms with Gasteiger partial charge in [-0.05, 0) is 31.2 Å². The molecule has 0 saturated carbocycles. The fraction of sp³-hybridized carbons (Fsp3) is 0.238. The van der Waals surface area contributed by atoms with E-state index >= 15 is 0 Å². The molecule has 1 heterocycles. The minimum Gasteiger partial charge on any atom is -0.462 e. The molecule has 0 aliphatic carbocycles. The minimum atomic E-state index is -0.410. The van der Waals surface area contributed by atoms with Gasteiger partial charge in [-0.3, -0.25) is 4.79 Å². The van der Waals surface area contributed by atoms with Gasteiger partial charge in [0, 0.05) is 17.5 Å². The van der Waals surface area contributed by atoms with E-state index in [9.17, 15) is 9.59 Å². The second-order valence-electron chi connectivity index (χ2n) is 5.95. The number of hydrogen-bond donors (Lipinski definition) is 1. The lowest BCUT2D eigenvalue weighted by Gasteiger charge is -2.09. The molecule has 2 aromatic carbocycles. The zero-order valence-corrected chi connectivity index (χ0v) is 16.6. The van der Waals surface area contributed by atoms with Crippen LogP contribution in [0.15, 0.2) is 53.6 Å². The fourth-order valence-electron chi connectivity index (χ4n) is 2.63. The first-order valence-electron chi connectivity index (χ1n) is 9.06. The zero-order chi connectivity index (χ0) is 19.9. The van der Waals surface area contributed by atoms with E-state index in [4.69, 9.17) is 4.74 Å². The molecule has 0 fully saturated rings. The van der Waals surface area contributed by atoms with Gasteiger partial charge in [0.1, 0.15) is 10.9 Å². The number of para-hydroxylation sites is 1. The summed E-state index contributed by atoms with van der Waals surface area (Å²) in [5.74, 6) is 0.372. The SMILES string of the molecule is CCOC(=O)c1cccc(NC(=O)CSc2nc(CC)nc3ccccc23)c1. The Morgan fingerprint density at radius 3 is 2.68 bits per heavy atom. The van der Waals surface area contributed by atoms with Crippen LogP contribution in [0.1, 0.15) is 30.0 Å². The first-order valence-corrected chi connectivity index (χ1v) is 10.0. The number of anilines is 1. The van der Waals surface area contributed by atoms with Gasteiger partial charge in [0.15, 0.2) is 0 Å². The molecule has 144 valence electrons. The van der Waals surface area contributed by atoms with E-state index in [2.05, 4.69) is 15.3 Å². The van der Waals surface area contributed by atoms with Gasteiger partial charge in [0.05, 0.1) is 23.4 Å². The quantitative estimate of drug-likeness (QED) is 0.368. The van der Waals surface area contributed by atoms with Crippen LogP contribution < -0.4 is 5.32 Å². The molecule has 1 amide bonds. The first kappa shape index (κ1) is 19.8. The van der Waals surface area contributed by atoms with Gasteiger partial charge in [0.2, 0.25) is 5.91 Å². The van der Waals surface area contributed by atoms with Crippen LogP contribution in [0.3, 0.4) is 0 Å². The molecular weight excluding hydrogens is 374 g/mol. The third-order valence-corrected chi connectivity index (χ3v) is 4.92. The molecule has 28 heavy (non-hydrogen) atoms. The summed E-state index contributed by atoms with van der Waals surface area (Å²) < 4.78 is 4.99. The van der Waals surface area contributed by atoms with Gasteiger partial charge >= 0.3 is 5.97 Å². The topological polar surface area (TPSA) is 81.2 Å². The lowest BCUT2D eigenvalue weighted by molar-refractivity contribution is -0.113. The largest absolute Gasteiger partial charge is 0.462 e. The van der Waals surface area contributed by atoms with Crippen LogP contribution in [0.25, 0.3) is 10.9 Å². The molecule has 0 bridgehead atoms. The second-order valence-corrected chi connectivity index (χ2v) is 6.92. The Morgan fingerprint density at radius 2 is 1.89 bits per heavy atom. The molecule has 7 heteroatoms. The number of aromatic nitrogens is 2. The van der Waals surface area contributed by atoms with E-state index in [-0.39, 0.29) is 11.7 Å². The minimum absolute atomic E-state index is 0.174. The number of benzene rings is 2. The number of fused-ring (bicyclic) bond motifs is 1. The third kappa shape index (κ3) is 4.86. The summed E-state index contributed by atoms with van der Waals surface area (Å²) in [6.07, 6.45) is 0.727. The highest BCUT2D eigenvalue weighted by Gasteiger charge is 2.12. The van der Waals surface area contributed by atoms with E-state index in [0.717, 1.165) is 28.2 Å². The Morgan fingerprint density at radius 1 is 1.07 bits per heavy atom. The molecule has 0 aliphatic heterocycles. The smallest absolute Gasteiger partial charge is 0.338 e. The number of nitrogens with one attached hydrogen (secondary N) is 1. The number of carbonyl (C=O) groups is 2. The maximum absolute atomic E-state index is 12.4. The molecule has 0 aliphatic rings. The van der Waals surface area contributed by atoms with Crippen molar-refractivity contribution in [2.75, 3.05) is 17.7 Å². The maximum atomic E-state index is 12.4. The summed E-state index contributed by atoms with van der Waals surface area (Å²) in [5, 5.41) is 4.54. The standard InChI is InChI=1S/C21H21N3O3S/c1-3-18-23-17-11-6-5-10-16(17)20(24-18)28-13-19(25)22-15-9-7-8-14(12-15)21(26)27-4-2/h5-12H,3-4,13H2,1-2H3,(H,22,25). The highest BCUT2D eigenvalue weighted by Crippen LogP contribution is 2.25. The molecule has 0 spiro atoms. The van der Waals surface area contributed by atoms with Gasteiger partial charge in [-0.1, -0.05) is 43.0 Å². The Labute approximate surface area is 167 Å². The Hall–Kier alpha value is -2.93. The highest BCUT2D eigenvalue weighted by atomic mass is 32.2. The first-order chi connectivity index (χ1) is 13.6. The van der Waals surface area contributed by atoms with Crippen molar-refractivity contribution in [1.29, 1.82) is 0 Å². The summed E-state index contributed by atoms with van der Waals surface area (Å²) in [7, 11) is 0. The zero-order valence-electron chi connectivity index (χ0n) is 15.8. The van der Waals surface area contributed by atoms with Crippen LogP contribution in [-0.2, 0) is 16.0 Å². The van der Waals surface area contributed by atoms with Crippen molar-refractivity contribution in [3.05, 3.63) is 59.9 Å². The monoisotopic (exact) mass is 395 g/mol. The van der Waals surface area contributed by atoms with Crippen molar-refractivity contribution < 1.29 is 14.3 Å². The molecule has 0 radical (unpaired) electrons. The normalized spacial score (nSPS) is 10.6. The molecule has 1 N–H and O–H groups in total. The lowest BCUT2D eigenvalue weighted by atomic mass is 10.2.